The maximum absolute atomic E-state index is 2.89. The van der Waals surface area contributed by atoms with Gasteiger partial charge < -0.3 is 0 Å². The van der Waals surface area contributed by atoms with Crippen molar-refractivity contribution in [1.82, 2.24) is 4.90 Å². The van der Waals surface area contributed by atoms with Crippen molar-refractivity contribution in [3.05, 3.63) is 35.9 Å². The SMILES string of the molecule is CC12CCC3(c4ccccc4)CCCC(C1)N23. The molecular weight excluding hydrogens is 206 g/mol. The van der Waals surface area contributed by atoms with E-state index < -0.39 is 0 Å². The fourth-order valence-corrected chi connectivity index (χ4v) is 4.99. The first-order valence-electron chi connectivity index (χ1n) is 7.10. The van der Waals surface area contributed by atoms with E-state index in [2.05, 4.69) is 42.2 Å². The lowest BCUT2D eigenvalue weighted by molar-refractivity contribution is -0.125. The lowest BCUT2D eigenvalue weighted by Crippen LogP contribution is -2.68. The Bertz CT molecular complexity index is 440. The highest BCUT2D eigenvalue weighted by Crippen LogP contribution is 2.62. The molecule has 1 nitrogen and oxygen atoms in total. The minimum absolute atomic E-state index is 0.400. The van der Waals surface area contributed by atoms with Crippen LogP contribution >= 0.6 is 0 Å². The van der Waals surface area contributed by atoms with Gasteiger partial charge in [-0.05, 0) is 51.0 Å². The molecule has 3 saturated heterocycles. The zero-order valence-corrected chi connectivity index (χ0v) is 10.7. The van der Waals surface area contributed by atoms with Crippen LogP contribution in [0.4, 0.5) is 0 Å². The van der Waals surface area contributed by atoms with E-state index in [0.29, 0.717) is 11.1 Å². The second-order valence-corrected chi connectivity index (χ2v) is 6.51. The Morgan fingerprint density at radius 3 is 2.76 bits per heavy atom. The summed E-state index contributed by atoms with van der Waals surface area (Å²) in [5.41, 5.74) is 2.51. The fourth-order valence-electron chi connectivity index (χ4n) is 4.99. The number of hydrogen-bond acceptors (Lipinski definition) is 1. The van der Waals surface area contributed by atoms with E-state index in [1.54, 1.807) is 5.56 Å². The third-order valence-electron chi connectivity index (χ3n) is 5.60. The standard InChI is InChI=1S/C16H21N/c1-15-10-11-16(13-6-3-2-4-7-13)9-5-8-14(12-15)17(15)16/h2-4,6-7,14H,5,8-12H2,1H3. The van der Waals surface area contributed by atoms with Gasteiger partial charge in [-0.25, -0.2) is 0 Å². The Labute approximate surface area is 104 Å². The van der Waals surface area contributed by atoms with Crippen LogP contribution in [0.5, 0.6) is 0 Å². The molecule has 0 bridgehead atoms. The van der Waals surface area contributed by atoms with Crippen molar-refractivity contribution in [2.75, 3.05) is 0 Å². The summed E-state index contributed by atoms with van der Waals surface area (Å²) >= 11 is 0. The predicted octanol–water partition coefficient (Wildman–Crippen LogP) is 3.69. The normalized spacial score (nSPS) is 44.2. The molecule has 4 rings (SSSR count). The first-order valence-corrected chi connectivity index (χ1v) is 7.10. The molecular formula is C16H21N. The average molecular weight is 227 g/mol. The molecule has 3 aliphatic heterocycles. The highest BCUT2D eigenvalue weighted by molar-refractivity contribution is 5.32. The van der Waals surface area contributed by atoms with Gasteiger partial charge in [0.1, 0.15) is 0 Å². The second-order valence-electron chi connectivity index (χ2n) is 6.51. The summed E-state index contributed by atoms with van der Waals surface area (Å²) in [5.74, 6) is 0. The van der Waals surface area contributed by atoms with Gasteiger partial charge in [-0.3, -0.25) is 4.90 Å². The predicted molar refractivity (Wildman–Crippen MR) is 69.9 cm³/mol. The Morgan fingerprint density at radius 1 is 1.12 bits per heavy atom. The molecule has 0 aliphatic carbocycles. The van der Waals surface area contributed by atoms with Crippen molar-refractivity contribution < 1.29 is 0 Å². The van der Waals surface area contributed by atoms with Gasteiger partial charge in [0.2, 0.25) is 0 Å². The van der Waals surface area contributed by atoms with E-state index in [1.165, 1.54) is 38.5 Å². The van der Waals surface area contributed by atoms with Gasteiger partial charge in [-0.2, -0.15) is 0 Å². The van der Waals surface area contributed by atoms with Gasteiger partial charge in [0.05, 0.1) is 0 Å². The Kier molecular flexibility index (Phi) is 1.87. The molecule has 3 unspecified atom stereocenters. The monoisotopic (exact) mass is 227 g/mol. The van der Waals surface area contributed by atoms with Crippen LogP contribution in [0.1, 0.15) is 51.0 Å². The summed E-state index contributed by atoms with van der Waals surface area (Å²) in [4.78, 5) is 2.89. The summed E-state index contributed by atoms with van der Waals surface area (Å²) in [5, 5.41) is 0. The minimum atomic E-state index is 0.400. The van der Waals surface area contributed by atoms with Gasteiger partial charge in [-0.1, -0.05) is 30.3 Å². The van der Waals surface area contributed by atoms with Crippen LogP contribution in [-0.4, -0.2) is 16.5 Å². The zero-order valence-electron chi connectivity index (χ0n) is 10.7. The van der Waals surface area contributed by atoms with E-state index in [4.69, 9.17) is 0 Å². The molecule has 1 heteroatoms. The van der Waals surface area contributed by atoms with E-state index in [9.17, 15) is 0 Å². The average Bonchev–Trinajstić information content (AvgIpc) is 2.63. The quantitative estimate of drug-likeness (QED) is 0.707. The van der Waals surface area contributed by atoms with E-state index in [0.717, 1.165) is 6.04 Å². The molecule has 3 heterocycles. The number of rotatable bonds is 1. The molecule has 0 spiro atoms. The van der Waals surface area contributed by atoms with E-state index in [-0.39, 0.29) is 0 Å². The highest BCUT2D eigenvalue weighted by Gasteiger charge is 2.63. The lowest BCUT2D eigenvalue weighted by Gasteiger charge is -2.62. The summed E-state index contributed by atoms with van der Waals surface area (Å²) < 4.78 is 0. The van der Waals surface area contributed by atoms with Crippen molar-refractivity contribution in [3.8, 4) is 0 Å². The molecule has 1 aromatic rings. The molecule has 0 saturated carbocycles. The molecule has 0 amide bonds. The molecule has 3 aliphatic rings. The van der Waals surface area contributed by atoms with Crippen molar-refractivity contribution >= 4 is 0 Å². The molecule has 3 atom stereocenters. The molecule has 90 valence electrons. The molecule has 0 radical (unpaired) electrons. The van der Waals surface area contributed by atoms with Gasteiger partial charge in [0.25, 0.3) is 0 Å². The van der Waals surface area contributed by atoms with Crippen molar-refractivity contribution in [2.45, 2.75) is 62.6 Å². The van der Waals surface area contributed by atoms with Crippen LogP contribution in [0.15, 0.2) is 30.3 Å². The third kappa shape index (κ3) is 1.14. The molecule has 1 aromatic carbocycles. The third-order valence-corrected chi connectivity index (χ3v) is 5.60. The maximum Gasteiger partial charge on any atom is 0.0469 e. The van der Waals surface area contributed by atoms with Crippen LogP contribution in [0.3, 0.4) is 0 Å². The van der Waals surface area contributed by atoms with E-state index >= 15 is 0 Å². The topological polar surface area (TPSA) is 3.24 Å². The molecule has 0 N–H and O–H groups in total. The van der Waals surface area contributed by atoms with Crippen molar-refractivity contribution in [2.24, 2.45) is 0 Å². The second kappa shape index (κ2) is 3.14. The molecule has 17 heavy (non-hydrogen) atoms. The Hall–Kier alpha value is -0.820. The summed E-state index contributed by atoms with van der Waals surface area (Å²) in [6, 6.07) is 12.2. The van der Waals surface area contributed by atoms with Crippen molar-refractivity contribution in [3.63, 3.8) is 0 Å². The fraction of sp³-hybridized carbons (Fsp3) is 0.625. The Morgan fingerprint density at radius 2 is 1.94 bits per heavy atom. The first kappa shape index (κ1) is 10.1. The summed E-state index contributed by atoms with van der Waals surface area (Å²) in [7, 11) is 0. The van der Waals surface area contributed by atoms with Crippen LogP contribution in [0.25, 0.3) is 0 Å². The number of hydrogen-bond donors (Lipinski definition) is 0. The summed E-state index contributed by atoms with van der Waals surface area (Å²) in [6.45, 7) is 2.49. The Balaban J connectivity index is 1.82. The summed E-state index contributed by atoms with van der Waals surface area (Å²) in [6.07, 6.45) is 8.46. The molecule has 3 fully saturated rings. The van der Waals surface area contributed by atoms with Crippen LogP contribution in [0.2, 0.25) is 0 Å². The number of piperidine rings is 1. The van der Waals surface area contributed by atoms with Crippen LogP contribution in [0, 0.1) is 0 Å². The maximum atomic E-state index is 2.89. The van der Waals surface area contributed by atoms with Gasteiger partial charge in [0.15, 0.2) is 0 Å². The minimum Gasteiger partial charge on any atom is -0.285 e. The zero-order chi connectivity index (χ0) is 11.5. The largest absolute Gasteiger partial charge is 0.285 e. The smallest absolute Gasteiger partial charge is 0.0469 e. The first-order chi connectivity index (χ1) is 8.25. The molecule has 0 aromatic heterocycles. The number of nitrogens with zero attached hydrogens (tertiary/aromatic N) is 1. The van der Waals surface area contributed by atoms with Crippen LogP contribution < -0.4 is 0 Å². The van der Waals surface area contributed by atoms with Gasteiger partial charge in [-0.15, -0.1) is 0 Å². The van der Waals surface area contributed by atoms with E-state index in [1.807, 2.05) is 0 Å². The van der Waals surface area contributed by atoms with Gasteiger partial charge in [0, 0.05) is 17.1 Å². The lowest BCUT2D eigenvalue weighted by atomic mass is 9.71. The van der Waals surface area contributed by atoms with Crippen molar-refractivity contribution in [1.29, 1.82) is 0 Å². The highest BCUT2D eigenvalue weighted by atomic mass is 15.4. The van der Waals surface area contributed by atoms with Crippen LogP contribution in [-0.2, 0) is 5.54 Å². The number of benzene rings is 1. The van der Waals surface area contributed by atoms with Gasteiger partial charge >= 0.3 is 0 Å².